The van der Waals surface area contributed by atoms with Crippen molar-refractivity contribution in [3.8, 4) is 0 Å². The SMILES string of the molecule is Cc1cnc(CN)cn1.Cc1nc(N2CCN(Cc3ccc(F)cc3)C2=O)sc1C(=O)O. The number of nitrogens with zero attached hydrogens (tertiary/aromatic N) is 5. The van der Waals surface area contributed by atoms with Crippen LogP contribution in [0, 0.1) is 19.7 Å². The molecule has 0 unspecified atom stereocenters. The van der Waals surface area contributed by atoms with Crippen molar-refractivity contribution in [2.75, 3.05) is 18.0 Å². The number of aromatic nitrogens is 3. The normalized spacial score (nSPS) is 13.2. The lowest BCUT2D eigenvalue weighted by molar-refractivity contribution is 0.0701. The van der Waals surface area contributed by atoms with Gasteiger partial charge in [-0.2, -0.15) is 0 Å². The van der Waals surface area contributed by atoms with Gasteiger partial charge >= 0.3 is 12.0 Å². The van der Waals surface area contributed by atoms with Gasteiger partial charge in [-0.3, -0.25) is 14.9 Å². The Balaban J connectivity index is 0.000000269. The molecular weight excluding hydrogens is 435 g/mol. The summed E-state index contributed by atoms with van der Waals surface area (Å²) in [5, 5.41) is 9.48. The molecule has 3 heterocycles. The van der Waals surface area contributed by atoms with Crippen LogP contribution in [0.1, 0.15) is 32.3 Å². The number of carbonyl (C=O) groups is 2. The summed E-state index contributed by atoms with van der Waals surface area (Å²) in [6.07, 6.45) is 3.40. The molecule has 0 atom stereocenters. The first-order chi connectivity index (χ1) is 15.3. The van der Waals surface area contributed by atoms with Crippen LogP contribution in [0.3, 0.4) is 0 Å². The zero-order valence-electron chi connectivity index (χ0n) is 17.7. The van der Waals surface area contributed by atoms with Crippen molar-refractivity contribution >= 4 is 28.5 Å². The smallest absolute Gasteiger partial charge is 0.347 e. The number of aryl methyl sites for hydroxylation is 2. The third-order valence-electron chi connectivity index (χ3n) is 4.64. The monoisotopic (exact) mass is 458 g/mol. The van der Waals surface area contributed by atoms with E-state index in [4.69, 9.17) is 10.8 Å². The second kappa shape index (κ2) is 10.2. The number of anilines is 1. The number of thiazole rings is 1. The zero-order chi connectivity index (χ0) is 23.3. The maximum atomic E-state index is 12.9. The third-order valence-corrected chi connectivity index (χ3v) is 5.80. The molecule has 168 valence electrons. The molecule has 0 radical (unpaired) electrons. The number of amides is 2. The summed E-state index contributed by atoms with van der Waals surface area (Å²) in [6.45, 7) is 5.32. The molecule has 2 amide bonds. The van der Waals surface area contributed by atoms with Crippen LogP contribution in [0.5, 0.6) is 0 Å². The minimum atomic E-state index is -1.04. The van der Waals surface area contributed by atoms with Gasteiger partial charge in [0.05, 0.1) is 17.1 Å². The fourth-order valence-corrected chi connectivity index (χ4v) is 3.86. The predicted octanol–water partition coefficient (Wildman–Crippen LogP) is 2.97. The highest BCUT2D eigenvalue weighted by Gasteiger charge is 2.32. The van der Waals surface area contributed by atoms with Gasteiger partial charge in [0.15, 0.2) is 5.13 Å². The van der Waals surface area contributed by atoms with Crippen molar-refractivity contribution in [2.24, 2.45) is 5.73 Å². The lowest BCUT2D eigenvalue weighted by Crippen LogP contribution is -2.31. The van der Waals surface area contributed by atoms with E-state index >= 15 is 0 Å². The van der Waals surface area contributed by atoms with Crippen LogP contribution >= 0.6 is 11.3 Å². The number of rotatable bonds is 5. The van der Waals surface area contributed by atoms with Crippen molar-refractivity contribution in [1.82, 2.24) is 19.9 Å². The Kier molecular flexibility index (Phi) is 7.44. The quantitative estimate of drug-likeness (QED) is 0.602. The van der Waals surface area contributed by atoms with Crippen LogP contribution in [0.15, 0.2) is 36.7 Å². The molecule has 0 spiro atoms. The zero-order valence-corrected chi connectivity index (χ0v) is 18.5. The van der Waals surface area contributed by atoms with E-state index in [9.17, 15) is 14.0 Å². The van der Waals surface area contributed by atoms with Gasteiger partial charge in [0, 0.05) is 38.6 Å². The molecule has 0 bridgehead atoms. The van der Waals surface area contributed by atoms with Gasteiger partial charge in [-0.25, -0.2) is 19.0 Å². The lowest BCUT2D eigenvalue weighted by atomic mass is 10.2. The van der Waals surface area contributed by atoms with Crippen molar-refractivity contribution in [1.29, 1.82) is 0 Å². The Labute approximate surface area is 188 Å². The van der Waals surface area contributed by atoms with Gasteiger partial charge in [0.1, 0.15) is 10.7 Å². The Morgan fingerprint density at radius 2 is 1.91 bits per heavy atom. The molecule has 9 nitrogen and oxygen atoms in total. The van der Waals surface area contributed by atoms with E-state index in [0.717, 1.165) is 28.3 Å². The molecule has 1 aromatic carbocycles. The van der Waals surface area contributed by atoms with Gasteiger partial charge in [-0.05, 0) is 31.5 Å². The highest BCUT2D eigenvalue weighted by atomic mass is 32.1. The van der Waals surface area contributed by atoms with Gasteiger partial charge < -0.3 is 15.7 Å². The van der Waals surface area contributed by atoms with Crippen LogP contribution in [-0.2, 0) is 13.1 Å². The van der Waals surface area contributed by atoms with E-state index in [-0.39, 0.29) is 16.7 Å². The summed E-state index contributed by atoms with van der Waals surface area (Å²) >= 11 is 0.997. The van der Waals surface area contributed by atoms with Crippen LogP contribution in [0.25, 0.3) is 0 Å². The summed E-state index contributed by atoms with van der Waals surface area (Å²) in [5.74, 6) is -1.36. The molecule has 3 N–H and O–H groups in total. The van der Waals surface area contributed by atoms with Crippen LogP contribution in [-0.4, -0.2) is 50.0 Å². The number of nitrogens with two attached hydrogens (primary N) is 1. The Morgan fingerprint density at radius 1 is 1.19 bits per heavy atom. The Bertz CT molecular complexity index is 1090. The van der Waals surface area contributed by atoms with Gasteiger partial charge in [-0.1, -0.05) is 23.5 Å². The van der Waals surface area contributed by atoms with Gasteiger partial charge in [-0.15, -0.1) is 0 Å². The fourth-order valence-electron chi connectivity index (χ4n) is 2.94. The maximum Gasteiger partial charge on any atom is 0.347 e. The molecule has 32 heavy (non-hydrogen) atoms. The molecule has 0 aliphatic carbocycles. The Hall–Kier alpha value is -3.44. The lowest BCUT2D eigenvalue weighted by Gasteiger charge is -2.16. The number of carboxylic acids is 1. The molecule has 1 aliphatic heterocycles. The molecule has 4 rings (SSSR count). The molecule has 1 saturated heterocycles. The first kappa shape index (κ1) is 23.2. The Morgan fingerprint density at radius 3 is 2.47 bits per heavy atom. The van der Waals surface area contributed by atoms with E-state index in [2.05, 4.69) is 15.0 Å². The molecule has 2 aromatic heterocycles. The highest BCUT2D eigenvalue weighted by Crippen LogP contribution is 2.29. The van der Waals surface area contributed by atoms with Crippen LogP contribution in [0.4, 0.5) is 14.3 Å². The molecule has 1 aliphatic rings. The van der Waals surface area contributed by atoms with Gasteiger partial charge in [0.25, 0.3) is 0 Å². The third kappa shape index (κ3) is 5.62. The number of hydrogen-bond acceptors (Lipinski definition) is 7. The van der Waals surface area contributed by atoms with Crippen molar-refractivity contribution < 1.29 is 19.1 Å². The molecule has 0 saturated carbocycles. The van der Waals surface area contributed by atoms with Crippen LogP contribution in [0.2, 0.25) is 0 Å². The first-order valence-electron chi connectivity index (χ1n) is 9.77. The largest absolute Gasteiger partial charge is 0.477 e. The van der Waals surface area contributed by atoms with Crippen LogP contribution < -0.4 is 10.6 Å². The second-order valence-electron chi connectivity index (χ2n) is 7.05. The van der Waals surface area contributed by atoms with E-state index in [0.29, 0.717) is 37.0 Å². The summed E-state index contributed by atoms with van der Waals surface area (Å²) in [7, 11) is 0. The number of urea groups is 1. The average Bonchev–Trinajstić information content (AvgIpc) is 3.33. The molecule has 3 aromatic rings. The summed E-state index contributed by atoms with van der Waals surface area (Å²) < 4.78 is 12.9. The number of benzene rings is 1. The minimum Gasteiger partial charge on any atom is -0.477 e. The standard InChI is InChI=1S/C15H14FN3O3S.C6H9N3/c1-9-12(13(20)21)23-14(17-9)19-7-6-18(15(19)22)8-10-2-4-11(16)5-3-10;1-5-3-9-6(2-7)4-8-5/h2-5H,6-8H2,1H3,(H,20,21);3-4H,2,7H2,1H3. The fraction of sp³-hybridized carbons (Fsp3) is 0.286. The van der Waals surface area contributed by atoms with Crippen molar-refractivity contribution in [2.45, 2.75) is 26.9 Å². The minimum absolute atomic E-state index is 0.143. The number of hydrogen-bond donors (Lipinski definition) is 2. The van der Waals surface area contributed by atoms with E-state index in [1.54, 1.807) is 36.4 Å². The highest BCUT2D eigenvalue weighted by molar-refractivity contribution is 7.17. The van der Waals surface area contributed by atoms with Gasteiger partial charge in [0.2, 0.25) is 0 Å². The summed E-state index contributed by atoms with van der Waals surface area (Å²) in [4.78, 5) is 39.0. The van der Waals surface area contributed by atoms with Crippen molar-refractivity contribution in [3.05, 3.63) is 70.0 Å². The van der Waals surface area contributed by atoms with E-state index in [1.807, 2.05) is 6.92 Å². The summed E-state index contributed by atoms with van der Waals surface area (Å²) in [5.41, 5.74) is 8.30. The summed E-state index contributed by atoms with van der Waals surface area (Å²) in [6, 6.07) is 5.77. The predicted molar refractivity (Wildman–Crippen MR) is 118 cm³/mol. The topological polar surface area (TPSA) is 126 Å². The number of aromatic carboxylic acids is 1. The second-order valence-corrected chi connectivity index (χ2v) is 8.03. The van der Waals surface area contributed by atoms with E-state index < -0.39 is 5.97 Å². The number of halogens is 1. The average molecular weight is 459 g/mol. The van der Waals surface area contributed by atoms with E-state index in [1.165, 1.54) is 17.0 Å². The maximum absolute atomic E-state index is 12.9. The molecule has 11 heteroatoms. The number of carboxylic acid groups (broad SMARTS) is 1. The molecular formula is C21H23FN6O3S. The first-order valence-corrected chi connectivity index (χ1v) is 10.6. The number of carbonyl (C=O) groups excluding carboxylic acids is 1. The molecule has 1 fully saturated rings. The van der Waals surface area contributed by atoms with Crippen molar-refractivity contribution in [3.63, 3.8) is 0 Å².